The summed E-state index contributed by atoms with van der Waals surface area (Å²) in [6.45, 7) is 0. The zero-order chi connectivity index (χ0) is 54.3. The zero-order valence-corrected chi connectivity index (χ0v) is 45.3. The molecule has 0 amide bonds. The molecule has 0 saturated heterocycles. The molecule has 83 heavy (non-hydrogen) atoms. The van der Waals surface area contributed by atoms with Gasteiger partial charge in [0.1, 0.15) is 0 Å². The molecule has 2 heterocycles. The van der Waals surface area contributed by atoms with Gasteiger partial charge in [-0.15, -0.1) is 0 Å². The number of hydrogen-bond acceptors (Lipinski definition) is 0. The molecule has 1 spiro atoms. The molecule has 14 aromatic carbocycles. The van der Waals surface area contributed by atoms with Crippen molar-refractivity contribution in [3.05, 3.63) is 326 Å². The van der Waals surface area contributed by atoms with Gasteiger partial charge in [0.2, 0.25) is 0 Å². The summed E-state index contributed by atoms with van der Waals surface area (Å²) in [7, 11) is 0. The third-order valence-electron chi connectivity index (χ3n) is 18.5. The Kier molecular flexibility index (Phi) is 9.75. The number of para-hydroxylation sites is 2. The van der Waals surface area contributed by atoms with Crippen LogP contribution in [0.15, 0.2) is 303 Å². The van der Waals surface area contributed by atoms with Crippen LogP contribution in [0.3, 0.4) is 0 Å². The van der Waals surface area contributed by atoms with Crippen LogP contribution in [0.2, 0.25) is 0 Å². The molecule has 0 atom stereocenters. The van der Waals surface area contributed by atoms with Crippen molar-refractivity contribution in [2.45, 2.75) is 5.41 Å². The van der Waals surface area contributed by atoms with Crippen molar-refractivity contribution in [2.24, 2.45) is 0 Å². The molecule has 2 aliphatic carbocycles. The van der Waals surface area contributed by atoms with Gasteiger partial charge in [-0.25, -0.2) is 0 Å². The molecular formula is C81H50N2. The van der Waals surface area contributed by atoms with Crippen molar-refractivity contribution in [3.63, 3.8) is 0 Å². The van der Waals surface area contributed by atoms with Gasteiger partial charge in [0.25, 0.3) is 0 Å². The fourth-order valence-electron chi connectivity index (χ4n) is 15.2. The predicted octanol–water partition coefficient (Wildman–Crippen LogP) is 21.2. The van der Waals surface area contributed by atoms with Gasteiger partial charge in [0.15, 0.2) is 0 Å². The molecule has 2 aromatic heterocycles. The Morgan fingerprint density at radius 3 is 0.904 bits per heavy atom. The fraction of sp³-hybridized carbons (Fsp3) is 0.0123. The van der Waals surface area contributed by atoms with Crippen LogP contribution in [-0.2, 0) is 5.41 Å². The van der Waals surface area contributed by atoms with E-state index in [1.165, 1.54) is 154 Å². The Morgan fingerprint density at radius 1 is 0.205 bits per heavy atom. The maximum Gasteiger partial charge on any atom is 0.0727 e. The average molecular weight is 1050 g/mol. The summed E-state index contributed by atoms with van der Waals surface area (Å²) < 4.78 is 5.17. The topological polar surface area (TPSA) is 9.86 Å². The molecule has 0 saturated carbocycles. The summed E-state index contributed by atoms with van der Waals surface area (Å²) in [6.07, 6.45) is 0. The maximum absolute atomic E-state index is 2.58. The Hall–Kier alpha value is -10.8. The molecule has 16 aromatic rings. The SMILES string of the molecule is c1ccc2c(c1)-c1ccccc1C21c2cc(-n3c(-c4cccc5ccccc45)c(-c4cccc5ccccc45)c4ccccc43)ccc2-c2ccc(-n3c(-c4cccc5ccccc45)c(-c4cccc5ccccc45)c4ccccc43)cc21. The molecule has 0 fully saturated rings. The normalized spacial score (nSPS) is 12.9. The van der Waals surface area contributed by atoms with E-state index >= 15 is 0 Å². The molecule has 0 radical (unpaired) electrons. The summed E-state index contributed by atoms with van der Waals surface area (Å²) >= 11 is 0. The minimum atomic E-state index is -0.661. The van der Waals surface area contributed by atoms with Crippen LogP contribution in [0.1, 0.15) is 22.3 Å². The summed E-state index contributed by atoms with van der Waals surface area (Å²) in [6, 6.07) is 114. The Balaban J connectivity index is 0.946. The summed E-state index contributed by atoms with van der Waals surface area (Å²) in [4.78, 5) is 0. The van der Waals surface area contributed by atoms with Crippen LogP contribution in [0, 0.1) is 0 Å². The monoisotopic (exact) mass is 1050 g/mol. The minimum absolute atomic E-state index is 0.661. The van der Waals surface area contributed by atoms with Crippen LogP contribution < -0.4 is 0 Å². The number of rotatable bonds is 6. The van der Waals surface area contributed by atoms with Crippen molar-refractivity contribution >= 4 is 64.9 Å². The van der Waals surface area contributed by atoms with E-state index < -0.39 is 5.41 Å². The molecule has 2 aliphatic rings. The first-order valence-corrected chi connectivity index (χ1v) is 28.9. The first-order valence-electron chi connectivity index (χ1n) is 28.9. The molecule has 2 nitrogen and oxygen atoms in total. The van der Waals surface area contributed by atoms with E-state index in [0.717, 1.165) is 11.4 Å². The van der Waals surface area contributed by atoms with E-state index in [9.17, 15) is 0 Å². The van der Waals surface area contributed by atoms with Crippen molar-refractivity contribution in [1.82, 2.24) is 9.13 Å². The zero-order valence-electron chi connectivity index (χ0n) is 45.3. The molecule has 2 heteroatoms. The lowest BCUT2D eigenvalue weighted by molar-refractivity contribution is 0.791. The van der Waals surface area contributed by atoms with Crippen LogP contribution >= 0.6 is 0 Å². The van der Waals surface area contributed by atoms with Crippen molar-refractivity contribution < 1.29 is 0 Å². The largest absolute Gasteiger partial charge is 0.309 e. The van der Waals surface area contributed by atoms with E-state index in [1.807, 2.05) is 0 Å². The first kappa shape index (κ1) is 46.0. The second kappa shape index (κ2) is 17.6. The Labute approximate surface area is 480 Å². The summed E-state index contributed by atoms with van der Waals surface area (Å²) in [5, 5.41) is 12.2. The van der Waals surface area contributed by atoms with Crippen LogP contribution in [-0.4, -0.2) is 9.13 Å². The van der Waals surface area contributed by atoms with Gasteiger partial charge < -0.3 is 9.13 Å². The summed E-state index contributed by atoms with van der Waals surface area (Å²) in [5.41, 5.74) is 23.8. The number of nitrogens with zero attached hydrogens (tertiary/aromatic N) is 2. The number of fused-ring (bicyclic) bond motifs is 16. The van der Waals surface area contributed by atoms with Crippen molar-refractivity contribution in [2.75, 3.05) is 0 Å². The Morgan fingerprint density at radius 2 is 0.494 bits per heavy atom. The molecular weight excluding hydrogens is 1000 g/mol. The van der Waals surface area contributed by atoms with Gasteiger partial charge in [-0.3, -0.25) is 0 Å². The smallest absolute Gasteiger partial charge is 0.0727 e. The third kappa shape index (κ3) is 6.38. The van der Waals surface area contributed by atoms with Gasteiger partial charge in [-0.1, -0.05) is 267 Å². The van der Waals surface area contributed by atoms with Gasteiger partial charge in [-0.05, 0) is 135 Å². The highest BCUT2D eigenvalue weighted by Gasteiger charge is 2.52. The highest BCUT2D eigenvalue weighted by Crippen LogP contribution is 2.64. The second-order valence-corrected chi connectivity index (χ2v) is 22.6. The van der Waals surface area contributed by atoms with Crippen LogP contribution in [0.4, 0.5) is 0 Å². The van der Waals surface area contributed by atoms with Crippen molar-refractivity contribution in [3.8, 4) is 78.4 Å². The molecule has 384 valence electrons. The van der Waals surface area contributed by atoms with Crippen LogP contribution in [0.25, 0.3) is 143 Å². The summed E-state index contributed by atoms with van der Waals surface area (Å²) in [5.74, 6) is 0. The van der Waals surface area contributed by atoms with Gasteiger partial charge >= 0.3 is 0 Å². The first-order chi connectivity index (χ1) is 41.2. The molecule has 18 rings (SSSR count). The highest BCUT2D eigenvalue weighted by atomic mass is 15.0. The average Bonchev–Trinajstić information content (AvgIpc) is 3.22. The highest BCUT2D eigenvalue weighted by molar-refractivity contribution is 6.16. The van der Waals surface area contributed by atoms with E-state index in [0.29, 0.717) is 0 Å². The number of hydrogen-bond donors (Lipinski definition) is 0. The number of benzene rings is 14. The molecule has 0 aliphatic heterocycles. The number of aromatic nitrogens is 2. The van der Waals surface area contributed by atoms with E-state index in [4.69, 9.17) is 0 Å². The lowest BCUT2D eigenvalue weighted by Gasteiger charge is -2.31. The third-order valence-corrected chi connectivity index (χ3v) is 18.5. The molecule has 0 bridgehead atoms. The standard InChI is InChI=1S/C81H50N2/c1-5-29-57-51(21-1)25-17-37-65(57)77-69-35-11-15-43-75(69)82(79(77)67-39-19-27-53-23-3-7-31-59(53)67)55-45-47-63-64-48-46-56(50-74(64)81(73(63)49-55)71-41-13-9-33-61(71)62-34-10-14-42-72(62)81)83-76-44-16-12-36-70(76)78(66-38-18-26-52-22-2-6-30-58(52)66)80(83)68-40-20-28-54-24-4-8-32-60(54)68/h1-50H. The van der Waals surface area contributed by atoms with E-state index in [2.05, 4.69) is 312 Å². The Bertz CT molecular complexity index is 5050. The van der Waals surface area contributed by atoms with E-state index in [-0.39, 0.29) is 0 Å². The quantitative estimate of drug-likeness (QED) is 0.157. The van der Waals surface area contributed by atoms with Gasteiger partial charge in [-0.2, -0.15) is 0 Å². The van der Waals surface area contributed by atoms with Gasteiger partial charge in [0, 0.05) is 44.4 Å². The molecule has 0 N–H and O–H groups in total. The van der Waals surface area contributed by atoms with E-state index in [1.54, 1.807) is 0 Å². The second-order valence-electron chi connectivity index (χ2n) is 22.6. The van der Waals surface area contributed by atoms with Gasteiger partial charge in [0.05, 0.1) is 27.8 Å². The lowest BCUT2D eigenvalue weighted by atomic mass is 9.70. The maximum atomic E-state index is 2.58. The van der Waals surface area contributed by atoms with Crippen molar-refractivity contribution in [1.29, 1.82) is 0 Å². The fourth-order valence-corrected chi connectivity index (χ4v) is 15.2. The predicted molar refractivity (Wildman–Crippen MR) is 348 cm³/mol. The van der Waals surface area contributed by atoms with Crippen LogP contribution in [0.5, 0.6) is 0 Å². The lowest BCUT2D eigenvalue weighted by Crippen LogP contribution is -2.26. The molecule has 0 unspecified atom stereocenters. The minimum Gasteiger partial charge on any atom is -0.309 e.